The summed E-state index contributed by atoms with van der Waals surface area (Å²) in [5.41, 5.74) is 0.287. The Labute approximate surface area is 106 Å². The van der Waals surface area contributed by atoms with Crippen molar-refractivity contribution in [3.8, 4) is 0 Å². The van der Waals surface area contributed by atoms with Gasteiger partial charge in [0.1, 0.15) is 5.01 Å². The summed E-state index contributed by atoms with van der Waals surface area (Å²) in [4.78, 5) is 11.9. The van der Waals surface area contributed by atoms with Crippen molar-refractivity contribution >= 4 is 22.4 Å². The molecule has 0 spiro atoms. The number of carbonyl (C=O) groups is 1. The van der Waals surface area contributed by atoms with Crippen molar-refractivity contribution in [1.82, 2.24) is 30.5 Å². The molecule has 8 nitrogen and oxygen atoms in total. The maximum atomic E-state index is 11.9. The van der Waals surface area contributed by atoms with Crippen molar-refractivity contribution in [2.45, 2.75) is 13.0 Å². The summed E-state index contributed by atoms with van der Waals surface area (Å²) in [6.07, 6.45) is 1.65. The smallest absolute Gasteiger partial charge is 0.279 e. The molecule has 0 aliphatic carbocycles. The lowest BCUT2D eigenvalue weighted by Gasteiger charge is -2.26. The number of nitrogens with one attached hydrogen (secondary N) is 2. The summed E-state index contributed by atoms with van der Waals surface area (Å²) in [5.74, 6) is -0.315. The van der Waals surface area contributed by atoms with Crippen LogP contribution < -0.4 is 10.6 Å². The van der Waals surface area contributed by atoms with Gasteiger partial charge in [-0.05, 0) is 6.92 Å². The summed E-state index contributed by atoms with van der Waals surface area (Å²) < 4.78 is 1.71. The molecule has 2 aromatic heterocycles. The molecule has 1 amide bonds. The first-order chi connectivity index (χ1) is 8.72. The van der Waals surface area contributed by atoms with E-state index >= 15 is 0 Å². The van der Waals surface area contributed by atoms with Crippen LogP contribution in [0.4, 0.5) is 5.13 Å². The van der Waals surface area contributed by atoms with Crippen molar-refractivity contribution in [1.29, 1.82) is 0 Å². The van der Waals surface area contributed by atoms with Crippen molar-refractivity contribution in [3.63, 3.8) is 0 Å². The van der Waals surface area contributed by atoms with Gasteiger partial charge in [-0.3, -0.25) is 10.1 Å². The zero-order chi connectivity index (χ0) is 12.5. The Morgan fingerprint density at radius 3 is 2.94 bits per heavy atom. The van der Waals surface area contributed by atoms with Gasteiger partial charge in [-0.25, -0.2) is 4.68 Å². The standard InChI is InChI=1S/C9H11N7OS/c1-5-12-14-9(18-5)11-8(17)7-4-16(15-13-7)6-2-10-3-6/h4,6,10H,2-3H2,1H3,(H,11,14,17). The average molecular weight is 265 g/mol. The van der Waals surface area contributed by atoms with Crippen molar-refractivity contribution < 1.29 is 4.79 Å². The molecule has 3 heterocycles. The third-order valence-corrected chi connectivity index (χ3v) is 3.38. The van der Waals surface area contributed by atoms with E-state index in [0.29, 0.717) is 11.2 Å². The lowest BCUT2D eigenvalue weighted by molar-refractivity contribution is 0.102. The van der Waals surface area contributed by atoms with Crippen LogP contribution in [-0.2, 0) is 0 Å². The van der Waals surface area contributed by atoms with Gasteiger partial charge >= 0.3 is 0 Å². The molecule has 18 heavy (non-hydrogen) atoms. The second kappa shape index (κ2) is 4.42. The molecule has 3 rings (SSSR count). The van der Waals surface area contributed by atoms with Crippen LogP contribution in [0.25, 0.3) is 0 Å². The molecule has 1 fully saturated rings. The summed E-state index contributed by atoms with van der Waals surface area (Å²) in [7, 11) is 0. The fourth-order valence-electron chi connectivity index (χ4n) is 1.53. The van der Waals surface area contributed by atoms with E-state index < -0.39 is 0 Å². The number of hydrogen-bond donors (Lipinski definition) is 2. The molecule has 0 radical (unpaired) electrons. The summed E-state index contributed by atoms with van der Waals surface area (Å²) in [6, 6.07) is 0.294. The number of anilines is 1. The van der Waals surface area contributed by atoms with Crippen LogP contribution in [0.2, 0.25) is 0 Å². The molecule has 0 aromatic carbocycles. The molecule has 1 aliphatic heterocycles. The first-order valence-corrected chi connectivity index (χ1v) is 6.28. The summed E-state index contributed by atoms with van der Waals surface area (Å²) >= 11 is 1.32. The molecule has 1 aliphatic rings. The SMILES string of the molecule is Cc1nnc(NC(=O)c2cn(C3CNC3)nn2)s1. The number of hydrogen-bond acceptors (Lipinski definition) is 7. The van der Waals surface area contributed by atoms with E-state index in [0.717, 1.165) is 18.1 Å². The minimum absolute atomic E-state index is 0.287. The largest absolute Gasteiger partial charge is 0.312 e. The second-order valence-electron chi connectivity index (χ2n) is 3.98. The molecule has 0 saturated carbocycles. The van der Waals surface area contributed by atoms with E-state index in [1.54, 1.807) is 10.9 Å². The second-order valence-corrected chi connectivity index (χ2v) is 5.16. The van der Waals surface area contributed by atoms with Gasteiger partial charge in [-0.2, -0.15) is 0 Å². The minimum atomic E-state index is -0.315. The number of amides is 1. The molecule has 0 unspecified atom stereocenters. The van der Waals surface area contributed by atoms with Crippen LogP contribution in [0.5, 0.6) is 0 Å². The average Bonchev–Trinajstić information content (AvgIpc) is 2.86. The van der Waals surface area contributed by atoms with Crippen molar-refractivity contribution in [3.05, 3.63) is 16.9 Å². The van der Waals surface area contributed by atoms with Crippen LogP contribution in [0.15, 0.2) is 6.20 Å². The molecule has 0 atom stereocenters. The zero-order valence-corrected chi connectivity index (χ0v) is 10.4. The highest BCUT2D eigenvalue weighted by Crippen LogP contribution is 2.15. The van der Waals surface area contributed by atoms with Gasteiger partial charge < -0.3 is 5.32 Å². The lowest BCUT2D eigenvalue weighted by atomic mass is 10.2. The predicted octanol–water partition coefficient (Wildman–Crippen LogP) is -0.165. The Hall–Kier alpha value is -1.87. The fraction of sp³-hybridized carbons (Fsp3) is 0.444. The van der Waals surface area contributed by atoms with Gasteiger partial charge in [-0.1, -0.05) is 16.6 Å². The molecule has 2 aromatic rings. The Bertz CT molecular complexity index is 573. The van der Waals surface area contributed by atoms with E-state index in [9.17, 15) is 4.79 Å². The number of rotatable bonds is 3. The van der Waals surface area contributed by atoms with Crippen molar-refractivity contribution in [2.75, 3.05) is 18.4 Å². The van der Waals surface area contributed by atoms with Crippen LogP contribution in [0, 0.1) is 6.92 Å². The van der Waals surface area contributed by atoms with Crippen LogP contribution in [0.3, 0.4) is 0 Å². The van der Waals surface area contributed by atoms with E-state index in [4.69, 9.17) is 0 Å². The molecular weight excluding hydrogens is 254 g/mol. The first-order valence-electron chi connectivity index (χ1n) is 5.46. The van der Waals surface area contributed by atoms with Gasteiger partial charge in [0.25, 0.3) is 5.91 Å². The minimum Gasteiger partial charge on any atom is -0.312 e. The number of nitrogens with zero attached hydrogens (tertiary/aromatic N) is 5. The maximum Gasteiger partial charge on any atom is 0.279 e. The molecule has 1 saturated heterocycles. The lowest BCUT2D eigenvalue weighted by Crippen LogP contribution is -2.43. The zero-order valence-electron chi connectivity index (χ0n) is 9.62. The van der Waals surface area contributed by atoms with E-state index in [1.165, 1.54) is 11.3 Å². The van der Waals surface area contributed by atoms with Gasteiger partial charge in [-0.15, -0.1) is 15.3 Å². The van der Waals surface area contributed by atoms with E-state index in [1.807, 2.05) is 6.92 Å². The van der Waals surface area contributed by atoms with Gasteiger partial charge in [0.2, 0.25) is 5.13 Å². The molecule has 0 bridgehead atoms. The summed E-state index contributed by atoms with van der Waals surface area (Å²) in [5, 5.41) is 22.5. The Morgan fingerprint density at radius 1 is 1.50 bits per heavy atom. The number of carbonyl (C=O) groups excluding carboxylic acids is 1. The third kappa shape index (κ3) is 2.09. The normalized spacial score (nSPS) is 15.4. The topological polar surface area (TPSA) is 97.6 Å². The molecule has 2 N–H and O–H groups in total. The van der Waals surface area contributed by atoms with Crippen LogP contribution >= 0.6 is 11.3 Å². The third-order valence-electron chi connectivity index (χ3n) is 2.62. The highest BCUT2D eigenvalue weighted by molar-refractivity contribution is 7.15. The van der Waals surface area contributed by atoms with Crippen molar-refractivity contribution in [2.24, 2.45) is 0 Å². The Kier molecular flexibility index (Phi) is 2.76. The van der Waals surface area contributed by atoms with E-state index in [-0.39, 0.29) is 11.6 Å². The van der Waals surface area contributed by atoms with E-state index in [2.05, 4.69) is 31.1 Å². The quantitative estimate of drug-likeness (QED) is 0.800. The monoisotopic (exact) mass is 265 g/mol. The number of aromatic nitrogens is 5. The summed E-state index contributed by atoms with van der Waals surface area (Å²) in [6.45, 7) is 3.55. The predicted molar refractivity (Wildman–Crippen MR) is 64.5 cm³/mol. The first kappa shape index (κ1) is 11.2. The van der Waals surface area contributed by atoms with Crippen LogP contribution in [-0.4, -0.2) is 44.2 Å². The van der Waals surface area contributed by atoms with Gasteiger partial charge in [0, 0.05) is 13.1 Å². The Morgan fingerprint density at radius 2 is 2.33 bits per heavy atom. The molecular formula is C9H11N7OS. The number of aryl methyl sites for hydroxylation is 1. The highest BCUT2D eigenvalue weighted by Gasteiger charge is 2.22. The highest BCUT2D eigenvalue weighted by atomic mass is 32.1. The van der Waals surface area contributed by atoms with Gasteiger partial charge in [0.15, 0.2) is 5.69 Å². The molecule has 9 heteroatoms. The Balaban J connectivity index is 1.70. The molecule has 94 valence electrons. The fourth-order valence-corrected chi connectivity index (χ4v) is 2.11. The van der Waals surface area contributed by atoms with Gasteiger partial charge in [0.05, 0.1) is 12.2 Å². The maximum absolute atomic E-state index is 11.9. The van der Waals surface area contributed by atoms with Crippen LogP contribution in [0.1, 0.15) is 21.5 Å².